The van der Waals surface area contributed by atoms with Crippen molar-refractivity contribution >= 4 is 28.3 Å². The van der Waals surface area contributed by atoms with E-state index in [9.17, 15) is 14.0 Å². The first-order valence-electron chi connectivity index (χ1n) is 9.22. The van der Waals surface area contributed by atoms with Gasteiger partial charge in [-0.1, -0.05) is 31.3 Å². The van der Waals surface area contributed by atoms with Crippen LogP contribution in [-0.4, -0.2) is 35.2 Å². The molecule has 2 N–H and O–H groups in total. The number of carbonyl (C=O) groups is 2. The van der Waals surface area contributed by atoms with Crippen LogP contribution >= 0.6 is 11.3 Å². The second-order valence-electron chi connectivity index (χ2n) is 6.84. The van der Waals surface area contributed by atoms with Gasteiger partial charge in [0, 0.05) is 11.1 Å². The third-order valence-corrected chi connectivity index (χ3v) is 5.20. The van der Waals surface area contributed by atoms with Crippen LogP contribution in [-0.2, 0) is 4.79 Å². The van der Waals surface area contributed by atoms with Crippen molar-refractivity contribution in [3.8, 4) is 16.3 Å². The minimum Gasteiger partial charge on any atom is -0.497 e. The van der Waals surface area contributed by atoms with Gasteiger partial charge in [-0.25, -0.2) is 4.39 Å². The predicted octanol–water partition coefficient (Wildman–Crippen LogP) is 3.75. The second-order valence-corrected chi connectivity index (χ2v) is 7.81. The van der Waals surface area contributed by atoms with Gasteiger partial charge < -0.3 is 10.1 Å². The molecule has 0 aliphatic carbocycles. The van der Waals surface area contributed by atoms with Crippen LogP contribution in [0, 0.1) is 11.7 Å². The molecule has 1 unspecified atom stereocenters. The molecule has 0 saturated carbocycles. The van der Waals surface area contributed by atoms with Gasteiger partial charge in [-0.15, -0.1) is 10.2 Å². The largest absolute Gasteiger partial charge is 0.497 e. The van der Waals surface area contributed by atoms with Crippen molar-refractivity contribution < 1.29 is 18.7 Å². The fourth-order valence-electron chi connectivity index (χ4n) is 2.70. The molecule has 0 fully saturated rings. The van der Waals surface area contributed by atoms with E-state index in [0.717, 1.165) is 17.4 Å². The molecule has 156 valence electrons. The Labute approximate surface area is 177 Å². The standard InChI is InChI=1S/C21H21FN4O3S/c1-12(2)17(23-18(27)14-5-4-6-15(22)11-14)19(28)24-21-26-25-20(30-21)13-7-9-16(29-3)10-8-13/h4-12,17H,1-3H3,(H,23,27)(H,24,26,28). The van der Waals surface area contributed by atoms with E-state index in [1.807, 2.05) is 24.3 Å². The molecule has 2 aromatic carbocycles. The summed E-state index contributed by atoms with van der Waals surface area (Å²) in [6.45, 7) is 3.61. The molecule has 1 atom stereocenters. The monoisotopic (exact) mass is 428 g/mol. The van der Waals surface area contributed by atoms with Crippen molar-refractivity contribution in [2.75, 3.05) is 12.4 Å². The first-order chi connectivity index (χ1) is 14.4. The smallest absolute Gasteiger partial charge is 0.252 e. The highest BCUT2D eigenvalue weighted by Crippen LogP contribution is 2.28. The number of amides is 2. The first-order valence-corrected chi connectivity index (χ1v) is 10.0. The van der Waals surface area contributed by atoms with Gasteiger partial charge in [-0.3, -0.25) is 14.9 Å². The summed E-state index contributed by atoms with van der Waals surface area (Å²) in [7, 11) is 1.59. The number of benzene rings is 2. The summed E-state index contributed by atoms with van der Waals surface area (Å²) in [5.41, 5.74) is 0.986. The van der Waals surface area contributed by atoms with Crippen LogP contribution in [0.15, 0.2) is 48.5 Å². The lowest BCUT2D eigenvalue weighted by Gasteiger charge is -2.21. The SMILES string of the molecule is COc1ccc(-c2nnc(NC(=O)C(NC(=O)c3cccc(F)c3)C(C)C)s2)cc1. The van der Waals surface area contributed by atoms with Crippen LogP contribution in [0.5, 0.6) is 5.75 Å². The molecule has 0 aliphatic heterocycles. The molecule has 7 nitrogen and oxygen atoms in total. The van der Waals surface area contributed by atoms with Crippen molar-refractivity contribution in [2.24, 2.45) is 5.92 Å². The van der Waals surface area contributed by atoms with Crippen LogP contribution in [0.2, 0.25) is 0 Å². The van der Waals surface area contributed by atoms with E-state index in [2.05, 4.69) is 20.8 Å². The number of nitrogens with zero attached hydrogens (tertiary/aromatic N) is 2. The summed E-state index contributed by atoms with van der Waals surface area (Å²) in [5.74, 6) is -0.943. The van der Waals surface area contributed by atoms with Gasteiger partial charge in [0.1, 0.15) is 22.6 Å². The van der Waals surface area contributed by atoms with Crippen LogP contribution in [0.4, 0.5) is 9.52 Å². The maximum atomic E-state index is 13.4. The molecule has 0 bridgehead atoms. The molecule has 2 amide bonds. The van der Waals surface area contributed by atoms with Gasteiger partial charge >= 0.3 is 0 Å². The number of carbonyl (C=O) groups excluding carboxylic acids is 2. The molecule has 9 heteroatoms. The summed E-state index contributed by atoms with van der Waals surface area (Å²) in [6, 6.07) is 11.8. The number of hydrogen-bond donors (Lipinski definition) is 2. The Bertz CT molecular complexity index is 1040. The van der Waals surface area contributed by atoms with Crippen LogP contribution in [0.25, 0.3) is 10.6 Å². The Morgan fingerprint density at radius 1 is 1.10 bits per heavy atom. The zero-order valence-corrected chi connectivity index (χ0v) is 17.5. The normalized spacial score (nSPS) is 11.8. The molecule has 0 radical (unpaired) electrons. The number of anilines is 1. The van der Waals surface area contributed by atoms with E-state index in [-0.39, 0.29) is 11.5 Å². The number of halogens is 1. The van der Waals surface area contributed by atoms with Crippen molar-refractivity contribution in [1.82, 2.24) is 15.5 Å². The Morgan fingerprint density at radius 3 is 2.47 bits per heavy atom. The summed E-state index contributed by atoms with van der Waals surface area (Å²) in [5, 5.41) is 14.4. The molecule has 1 aromatic heterocycles. The third-order valence-electron chi connectivity index (χ3n) is 4.31. The minimum absolute atomic E-state index is 0.145. The fraction of sp³-hybridized carbons (Fsp3) is 0.238. The highest BCUT2D eigenvalue weighted by Gasteiger charge is 2.26. The third kappa shape index (κ3) is 5.18. The average Bonchev–Trinajstić information content (AvgIpc) is 3.20. The molecular weight excluding hydrogens is 407 g/mol. The van der Waals surface area contributed by atoms with Gasteiger partial charge in [-0.05, 0) is 48.4 Å². The molecule has 1 heterocycles. The number of nitrogens with one attached hydrogen (secondary N) is 2. The maximum absolute atomic E-state index is 13.4. The van der Waals surface area contributed by atoms with Gasteiger partial charge in [0.15, 0.2) is 0 Å². The van der Waals surface area contributed by atoms with Crippen LogP contribution in [0.1, 0.15) is 24.2 Å². The van der Waals surface area contributed by atoms with Crippen molar-refractivity contribution in [3.63, 3.8) is 0 Å². The van der Waals surface area contributed by atoms with E-state index in [4.69, 9.17) is 4.74 Å². The lowest BCUT2D eigenvalue weighted by Crippen LogP contribution is -2.47. The summed E-state index contributed by atoms with van der Waals surface area (Å²) >= 11 is 1.22. The lowest BCUT2D eigenvalue weighted by molar-refractivity contribution is -0.118. The number of rotatable bonds is 7. The Morgan fingerprint density at radius 2 is 1.83 bits per heavy atom. The van der Waals surface area contributed by atoms with Gasteiger partial charge in [0.2, 0.25) is 11.0 Å². The van der Waals surface area contributed by atoms with Crippen LogP contribution in [0.3, 0.4) is 0 Å². The van der Waals surface area contributed by atoms with Crippen molar-refractivity contribution in [2.45, 2.75) is 19.9 Å². The molecular formula is C21H21FN4O3S. The van der Waals surface area contributed by atoms with Gasteiger partial charge in [0.05, 0.1) is 7.11 Å². The Kier molecular flexibility index (Phi) is 6.73. The quantitative estimate of drug-likeness (QED) is 0.598. The molecule has 0 saturated heterocycles. The van der Waals surface area contributed by atoms with Gasteiger partial charge in [-0.2, -0.15) is 0 Å². The fourth-order valence-corrected chi connectivity index (χ4v) is 3.45. The number of methoxy groups -OCH3 is 1. The van der Waals surface area contributed by atoms with Crippen molar-refractivity contribution in [1.29, 1.82) is 0 Å². The highest BCUT2D eigenvalue weighted by atomic mass is 32.1. The Balaban J connectivity index is 1.69. The van der Waals surface area contributed by atoms with Crippen molar-refractivity contribution in [3.05, 3.63) is 59.9 Å². The van der Waals surface area contributed by atoms with E-state index in [1.165, 1.54) is 29.5 Å². The number of aromatic nitrogens is 2. The molecule has 3 rings (SSSR count). The highest BCUT2D eigenvalue weighted by molar-refractivity contribution is 7.18. The summed E-state index contributed by atoms with van der Waals surface area (Å²) in [6.07, 6.45) is 0. The number of hydrogen-bond acceptors (Lipinski definition) is 6. The zero-order chi connectivity index (χ0) is 21.7. The molecule has 0 aliphatic rings. The molecule has 3 aromatic rings. The predicted molar refractivity (Wildman–Crippen MR) is 113 cm³/mol. The lowest BCUT2D eigenvalue weighted by atomic mass is 10.0. The second kappa shape index (κ2) is 9.45. The average molecular weight is 428 g/mol. The summed E-state index contributed by atoms with van der Waals surface area (Å²) in [4.78, 5) is 25.2. The topological polar surface area (TPSA) is 93.2 Å². The first kappa shape index (κ1) is 21.4. The Hall–Kier alpha value is -3.33. The van der Waals surface area contributed by atoms with E-state index < -0.39 is 23.7 Å². The number of ether oxygens (including phenoxy) is 1. The van der Waals surface area contributed by atoms with Gasteiger partial charge in [0.25, 0.3) is 5.91 Å². The van der Waals surface area contributed by atoms with E-state index >= 15 is 0 Å². The molecule has 30 heavy (non-hydrogen) atoms. The van der Waals surface area contributed by atoms with Crippen LogP contribution < -0.4 is 15.4 Å². The van der Waals surface area contributed by atoms with E-state index in [0.29, 0.717) is 10.1 Å². The zero-order valence-electron chi connectivity index (χ0n) is 16.7. The molecule has 0 spiro atoms. The summed E-state index contributed by atoms with van der Waals surface area (Å²) < 4.78 is 18.5. The van der Waals surface area contributed by atoms with E-state index in [1.54, 1.807) is 21.0 Å². The maximum Gasteiger partial charge on any atom is 0.252 e. The minimum atomic E-state index is -0.825.